The first-order valence-corrected chi connectivity index (χ1v) is 9.49. The second-order valence-corrected chi connectivity index (χ2v) is 7.54. The zero-order valence-electron chi connectivity index (χ0n) is 15.4. The van der Waals surface area contributed by atoms with E-state index in [0.717, 1.165) is 30.0 Å². The first-order chi connectivity index (χ1) is 12.6. The van der Waals surface area contributed by atoms with E-state index in [4.69, 9.17) is 4.74 Å². The maximum Gasteiger partial charge on any atom is 0.231 e. The highest BCUT2D eigenvalue weighted by atomic mass is 16.5. The monoisotopic (exact) mass is 354 g/mol. The largest absolute Gasteiger partial charge is 0.497 e. The normalized spacial score (nSPS) is 19.9. The molecule has 1 unspecified atom stereocenters. The number of nitrogens with zero attached hydrogens (tertiary/aromatic N) is 3. The molecule has 1 heterocycles. The lowest BCUT2D eigenvalue weighted by Gasteiger charge is -2.22. The average Bonchev–Trinajstić information content (AvgIpc) is 3.08. The first-order valence-electron chi connectivity index (χ1n) is 9.49. The number of carbonyl (C=O) groups excluding carboxylic acids is 1. The van der Waals surface area contributed by atoms with Crippen LogP contribution in [0.5, 0.6) is 5.75 Å². The van der Waals surface area contributed by atoms with Crippen LogP contribution in [-0.2, 0) is 10.2 Å². The maximum absolute atomic E-state index is 13.0. The zero-order valence-corrected chi connectivity index (χ0v) is 15.4. The number of benzene rings is 1. The quantitative estimate of drug-likeness (QED) is 0.864. The van der Waals surface area contributed by atoms with Crippen molar-refractivity contribution in [2.45, 2.75) is 62.9 Å². The Labute approximate surface area is 154 Å². The minimum Gasteiger partial charge on any atom is -0.497 e. The van der Waals surface area contributed by atoms with E-state index in [1.54, 1.807) is 7.11 Å². The predicted molar refractivity (Wildman–Crippen MR) is 98.0 cm³/mol. The molecular weight excluding hydrogens is 328 g/mol. The van der Waals surface area contributed by atoms with E-state index >= 15 is 0 Å². The molecule has 2 saturated carbocycles. The Bertz CT molecular complexity index is 773. The summed E-state index contributed by atoms with van der Waals surface area (Å²) in [6, 6.07) is 8.15. The molecule has 0 bridgehead atoms. The summed E-state index contributed by atoms with van der Waals surface area (Å²) in [6.45, 7) is 2.00. The van der Waals surface area contributed by atoms with Gasteiger partial charge in [-0.25, -0.2) is 0 Å². The molecular formula is C20H26N4O2. The summed E-state index contributed by atoms with van der Waals surface area (Å²) in [4.78, 5) is 13.0. The molecule has 1 aromatic carbocycles. The smallest absolute Gasteiger partial charge is 0.231 e. The van der Waals surface area contributed by atoms with Crippen LogP contribution in [0.2, 0.25) is 0 Å². The van der Waals surface area contributed by atoms with E-state index in [-0.39, 0.29) is 11.9 Å². The lowest BCUT2D eigenvalue weighted by molar-refractivity contribution is -0.124. The highest BCUT2D eigenvalue weighted by molar-refractivity contribution is 5.91. The Hall–Kier alpha value is -2.37. The summed E-state index contributed by atoms with van der Waals surface area (Å²) < 4.78 is 7.38. The summed E-state index contributed by atoms with van der Waals surface area (Å²) in [7, 11) is 1.65. The fourth-order valence-electron chi connectivity index (χ4n) is 4.11. The summed E-state index contributed by atoms with van der Waals surface area (Å²) in [5, 5.41) is 11.6. The molecule has 0 saturated heterocycles. The molecule has 26 heavy (non-hydrogen) atoms. The second-order valence-electron chi connectivity index (χ2n) is 7.54. The SMILES string of the molecule is COc1ccc(C2(C(=O)NC(C)c3nncn3C3CCCC3)CC2)cc1. The van der Waals surface area contributed by atoms with Crippen LogP contribution in [0.3, 0.4) is 0 Å². The van der Waals surface area contributed by atoms with E-state index in [2.05, 4.69) is 20.1 Å². The number of ether oxygens (including phenoxy) is 1. The van der Waals surface area contributed by atoms with Gasteiger partial charge in [-0.3, -0.25) is 4.79 Å². The average molecular weight is 354 g/mol. The van der Waals surface area contributed by atoms with Crippen molar-refractivity contribution in [1.29, 1.82) is 0 Å². The molecule has 6 heteroatoms. The molecule has 1 aromatic heterocycles. The number of methoxy groups -OCH3 is 1. The Kier molecular flexibility index (Phi) is 4.42. The van der Waals surface area contributed by atoms with Gasteiger partial charge in [-0.15, -0.1) is 10.2 Å². The molecule has 0 radical (unpaired) electrons. The van der Waals surface area contributed by atoms with Crippen molar-refractivity contribution in [3.63, 3.8) is 0 Å². The van der Waals surface area contributed by atoms with Gasteiger partial charge in [0.1, 0.15) is 12.1 Å². The fraction of sp³-hybridized carbons (Fsp3) is 0.550. The highest BCUT2D eigenvalue weighted by Crippen LogP contribution is 2.49. The van der Waals surface area contributed by atoms with Crippen LogP contribution in [-0.4, -0.2) is 27.8 Å². The topological polar surface area (TPSA) is 69.0 Å². The van der Waals surface area contributed by atoms with Crippen molar-refractivity contribution in [2.24, 2.45) is 0 Å². The van der Waals surface area contributed by atoms with E-state index in [0.29, 0.717) is 6.04 Å². The van der Waals surface area contributed by atoms with Gasteiger partial charge in [0.05, 0.1) is 18.6 Å². The van der Waals surface area contributed by atoms with Crippen molar-refractivity contribution in [1.82, 2.24) is 20.1 Å². The van der Waals surface area contributed by atoms with Crippen molar-refractivity contribution in [3.05, 3.63) is 42.0 Å². The Morgan fingerprint density at radius 1 is 1.27 bits per heavy atom. The van der Waals surface area contributed by atoms with Crippen molar-refractivity contribution in [2.75, 3.05) is 7.11 Å². The number of aromatic nitrogens is 3. The third-order valence-corrected chi connectivity index (χ3v) is 5.88. The van der Waals surface area contributed by atoms with Gasteiger partial charge in [0.2, 0.25) is 5.91 Å². The third-order valence-electron chi connectivity index (χ3n) is 5.88. The third kappa shape index (κ3) is 2.97. The van der Waals surface area contributed by atoms with E-state index in [1.807, 2.05) is 37.5 Å². The van der Waals surface area contributed by atoms with Crippen LogP contribution in [0.4, 0.5) is 0 Å². The van der Waals surface area contributed by atoms with E-state index in [1.165, 1.54) is 25.7 Å². The Balaban J connectivity index is 1.48. The second kappa shape index (κ2) is 6.74. The minimum atomic E-state index is -0.404. The summed E-state index contributed by atoms with van der Waals surface area (Å²) in [5.41, 5.74) is 0.652. The van der Waals surface area contributed by atoms with Crippen LogP contribution < -0.4 is 10.1 Å². The lowest BCUT2D eigenvalue weighted by atomic mass is 9.94. The molecule has 6 nitrogen and oxygen atoms in total. The van der Waals surface area contributed by atoms with Gasteiger partial charge in [0.15, 0.2) is 5.82 Å². The lowest BCUT2D eigenvalue weighted by Crippen LogP contribution is -2.37. The summed E-state index contributed by atoms with van der Waals surface area (Å²) in [6.07, 6.45) is 8.42. The number of hydrogen-bond acceptors (Lipinski definition) is 4. The van der Waals surface area contributed by atoms with Gasteiger partial charge in [0.25, 0.3) is 0 Å². The van der Waals surface area contributed by atoms with Crippen LogP contribution in [0.25, 0.3) is 0 Å². The molecule has 0 spiro atoms. The van der Waals surface area contributed by atoms with Gasteiger partial charge in [-0.1, -0.05) is 25.0 Å². The van der Waals surface area contributed by atoms with Crippen molar-refractivity contribution in [3.8, 4) is 5.75 Å². The maximum atomic E-state index is 13.0. The molecule has 1 atom stereocenters. The van der Waals surface area contributed by atoms with Gasteiger partial charge in [0, 0.05) is 6.04 Å². The van der Waals surface area contributed by atoms with Gasteiger partial charge < -0.3 is 14.6 Å². The number of amides is 1. The minimum absolute atomic E-state index is 0.0798. The zero-order chi connectivity index (χ0) is 18.1. The molecule has 2 aliphatic rings. The molecule has 1 amide bonds. The van der Waals surface area contributed by atoms with Crippen molar-refractivity contribution >= 4 is 5.91 Å². The summed E-state index contributed by atoms with van der Waals surface area (Å²) in [5.74, 6) is 1.75. The molecule has 2 aliphatic carbocycles. The van der Waals surface area contributed by atoms with Crippen molar-refractivity contribution < 1.29 is 9.53 Å². The molecule has 2 aromatic rings. The molecule has 138 valence electrons. The van der Waals surface area contributed by atoms with E-state index in [9.17, 15) is 4.79 Å². The molecule has 4 rings (SSSR count). The number of hydrogen-bond donors (Lipinski definition) is 1. The first kappa shape index (κ1) is 17.1. The number of rotatable bonds is 6. The standard InChI is InChI=1S/C20H26N4O2/c1-14(18-23-21-13-24(18)16-5-3-4-6-16)22-19(25)20(11-12-20)15-7-9-17(26-2)10-8-15/h7-10,13-14,16H,3-6,11-12H2,1-2H3,(H,22,25). The van der Waals surface area contributed by atoms with Crippen LogP contribution in [0, 0.1) is 0 Å². The number of nitrogens with one attached hydrogen (secondary N) is 1. The predicted octanol–water partition coefficient (Wildman–Crippen LogP) is 3.31. The molecule has 0 aliphatic heterocycles. The van der Waals surface area contributed by atoms with E-state index < -0.39 is 5.41 Å². The van der Waals surface area contributed by atoms with Gasteiger partial charge >= 0.3 is 0 Å². The van der Waals surface area contributed by atoms with Crippen LogP contribution in [0.15, 0.2) is 30.6 Å². The molecule has 1 N–H and O–H groups in total. The number of carbonyl (C=O) groups is 1. The van der Waals surface area contributed by atoms with Crippen LogP contribution in [0.1, 0.15) is 68.9 Å². The summed E-state index contributed by atoms with van der Waals surface area (Å²) >= 11 is 0. The van der Waals surface area contributed by atoms with Crippen LogP contribution >= 0.6 is 0 Å². The van der Waals surface area contributed by atoms with Gasteiger partial charge in [-0.2, -0.15) is 0 Å². The van der Waals surface area contributed by atoms with Gasteiger partial charge in [-0.05, 0) is 50.3 Å². The fourth-order valence-corrected chi connectivity index (χ4v) is 4.11. The molecule has 2 fully saturated rings. The Morgan fingerprint density at radius 3 is 2.58 bits per heavy atom. The highest BCUT2D eigenvalue weighted by Gasteiger charge is 2.51. The Morgan fingerprint density at radius 2 is 1.96 bits per heavy atom.